The first kappa shape index (κ1) is 13.1. The van der Waals surface area contributed by atoms with Crippen LogP contribution in [0.3, 0.4) is 0 Å². The molecule has 0 aliphatic rings. The lowest BCUT2D eigenvalue weighted by atomic mass is 10.1. The first-order valence-electron chi connectivity index (χ1n) is 6.13. The summed E-state index contributed by atoms with van der Waals surface area (Å²) in [5, 5.41) is 9.74. The Kier molecular flexibility index (Phi) is 3.56. The van der Waals surface area contributed by atoms with Crippen LogP contribution in [0.15, 0.2) is 42.5 Å². The molecule has 0 radical (unpaired) electrons. The second-order valence-electron chi connectivity index (χ2n) is 4.73. The maximum Gasteiger partial charge on any atom is 0.261 e. The maximum absolute atomic E-state index is 12.4. The number of para-hydroxylation sites is 1. The number of aromatic hydroxyl groups is 1. The molecule has 0 aromatic heterocycles. The molecule has 3 nitrogen and oxygen atoms in total. The predicted octanol–water partition coefficient (Wildman–Crippen LogP) is 3.29. The molecular formula is C16H17NO2. The van der Waals surface area contributed by atoms with Crippen LogP contribution in [-0.2, 0) is 0 Å². The van der Waals surface area contributed by atoms with Crippen molar-refractivity contribution in [2.24, 2.45) is 0 Å². The highest BCUT2D eigenvalue weighted by Crippen LogP contribution is 2.23. The van der Waals surface area contributed by atoms with Gasteiger partial charge in [0.2, 0.25) is 0 Å². The third-order valence-electron chi connectivity index (χ3n) is 3.03. The van der Waals surface area contributed by atoms with Crippen molar-refractivity contribution in [2.75, 3.05) is 11.9 Å². The summed E-state index contributed by atoms with van der Waals surface area (Å²) in [6.07, 6.45) is 0. The molecule has 0 saturated carbocycles. The second-order valence-corrected chi connectivity index (χ2v) is 4.73. The maximum atomic E-state index is 12.4. The van der Waals surface area contributed by atoms with E-state index in [2.05, 4.69) is 6.07 Å². The van der Waals surface area contributed by atoms with E-state index in [1.807, 2.05) is 26.0 Å². The molecule has 0 spiro atoms. The molecule has 2 aromatic carbocycles. The quantitative estimate of drug-likeness (QED) is 0.894. The number of phenols is 1. The summed E-state index contributed by atoms with van der Waals surface area (Å²) in [6.45, 7) is 3.99. The number of anilines is 1. The Bertz CT molecular complexity index is 600. The van der Waals surface area contributed by atoms with E-state index < -0.39 is 0 Å². The lowest BCUT2D eigenvalue weighted by Gasteiger charge is -2.19. The smallest absolute Gasteiger partial charge is 0.261 e. The molecule has 98 valence electrons. The second kappa shape index (κ2) is 5.14. The molecule has 2 aromatic rings. The van der Waals surface area contributed by atoms with Gasteiger partial charge >= 0.3 is 0 Å². The van der Waals surface area contributed by atoms with Gasteiger partial charge in [-0.05, 0) is 49.2 Å². The number of nitrogens with zero attached hydrogens (tertiary/aromatic N) is 1. The summed E-state index contributed by atoms with van der Waals surface area (Å²) < 4.78 is 0. The minimum Gasteiger partial charge on any atom is -0.507 e. The predicted molar refractivity (Wildman–Crippen MR) is 76.8 cm³/mol. The van der Waals surface area contributed by atoms with E-state index in [0.29, 0.717) is 5.56 Å². The van der Waals surface area contributed by atoms with Gasteiger partial charge < -0.3 is 10.0 Å². The van der Waals surface area contributed by atoms with E-state index >= 15 is 0 Å². The van der Waals surface area contributed by atoms with E-state index in [0.717, 1.165) is 16.8 Å². The van der Waals surface area contributed by atoms with Crippen LogP contribution in [0, 0.1) is 13.8 Å². The third kappa shape index (κ3) is 2.76. The van der Waals surface area contributed by atoms with Gasteiger partial charge in [-0.2, -0.15) is 0 Å². The average molecular weight is 255 g/mol. The molecule has 0 saturated heterocycles. The summed E-state index contributed by atoms with van der Waals surface area (Å²) in [6, 6.07) is 12.5. The van der Waals surface area contributed by atoms with Gasteiger partial charge in [0.25, 0.3) is 5.91 Å². The minimum atomic E-state index is -0.219. The fourth-order valence-corrected chi connectivity index (χ4v) is 2.10. The molecule has 3 heteroatoms. The fraction of sp³-hybridized carbons (Fsp3) is 0.188. The SMILES string of the molecule is Cc1cc(C)cc(N(C)C(=O)c2ccccc2O)c1. The normalized spacial score (nSPS) is 10.3. The summed E-state index contributed by atoms with van der Waals surface area (Å²) in [5.41, 5.74) is 3.34. The zero-order valence-electron chi connectivity index (χ0n) is 11.3. The number of phenolic OH excluding ortho intramolecular Hbond substituents is 1. The zero-order valence-corrected chi connectivity index (χ0v) is 11.3. The standard InChI is InChI=1S/C16H17NO2/c1-11-8-12(2)10-13(9-11)17(3)16(19)14-6-4-5-7-15(14)18/h4-10,18H,1-3H3. The van der Waals surface area contributed by atoms with Gasteiger partial charge in [-0.3, -0.25) is 4.79 Å². The average Bonchev–Trinajstić information content (AvgIpc) is 2.36. The monoisotopic (exact) mass is 255 g/mol. The molecule has 0 atom stereocenters. The Balaban J connectivity index is 2.36. The number of rotatable bonds is 2. The van der Waals surface area contributed by atoms with E-state index in [1.165, 1.54) is 6.07 Å². The molecule has 19 heavy (non-hydrogen) atoms. The molecule has 0 fully saturated rings. The molecule has 1 amide bonds. The Morgan fingerprint density at radius 3 is 2.21 bits per heavy atom. The van der Waals surface area contributed by atoms with Gasteiger partial charge in [0.1, 0.15) is 5.75 Å². The minimum absolute atomic E-state index is 0.00345. The van der Waals surface area contributed by atoms with Crippen LogP contribution < -0.4 is 4.90 Å². The first-order chi connectivity index (χ1) is 8.99. The highest BCUT2D eigenvalue weighted by molar-refractivity contribution is 6.07. The number of benzene rings is 2. The molecular weight excluding hydrogens is 238 g/mol. The van der Waals surface area contributed by atoms with Gasteiger partial charge in [-0.15, -0.1) is 0 Å². The van der Waals surface area contributed by atoms with Crippen molar-refractivity contribution < 1.29 is 9.90 Å². The van der Waals surface area contributed by atoms with Gasteiger partial charge in [0.15, 0.2) is 0 Å². The summed E-state index contributed by atoms with van der Waals surface area (Å²) in [5.74, 6) is -0.216. The molecule has 1 N–H and O–H groups in total. The van der Waals surface area contributed by atoms with Crippen molar-refractivity contribution in [2.45, 2.75) is 13.8 Å². The molecule has 0 heterocycles. The zero-order chi connectivity index (χ0) is 14.0. The Morgan fingerprint density at radius 2 is 1.63 bits per heavy atom. The van der Waals surface area contributed by atoms with Crippen LogP contribution in [0.4, 0.5) is 5.69 Å². The molecule has 0 bridgehead atoms. The van der Waals surface area contributed by atoms with Crippen LogP contribution in [0.2, 0.25) is 0 Å². The summed E-state index contributed by atoms with van der Waals surface area (Å²) in [7, 11) is 1.71. The van der Waals surface area contributed by atoms with Gasteiger partial charge in [0, 0.05) is 12.7 Å². The molecule has 2 rings (SSSR count). The molecule has 0 unspecified atom stereocenters. The van der Waals surface area contributed by atoms with Crippen LogP contribution in [0.25, 0.3) is 0 Å². The Hall–Kier alpha value is -2.29. The number of amides is 1. The number of aryl methyl sites for hydroxylation is 2. The fourth-order valence-electron chi connectivity index (χ4n) is 2.10. The van der Waals surface area contributed by atoms with Crippen molar-refractivity contribution in [3.05, 3.63) is 59.2 Å². The summed E-state index contributed by atoms with van der Waals surface area (Å²) >= 11 is 0. The highest BCUT2D eigenvalue weighted by atomic mass is 16.3. The van der Waals surface area contributed by atoms with Gasteiger partial charge in [0.05, 0.1) is 5.56 Å². The van der Waals surface area contributed by atoms with Crippen molar-refractivity contribution >= 4 is 11.6 Å². The van der Waals surface area contributed by atoms with Crippen LogP contribution in [-0.4, -0.2) is 18.1 Å². The Morgan fingerprint density at radius 1 is 1.05 bits per heavy atom. The van der Waals surface area contributed by atoms with Gasteiger partial charge in [-0.1, -0.05) is 18.2 Å². The number of carbonyl (C=O) groups excluding carboxylic acids is 1. The van der Waals surface area contributed by atoms with E-state index in [4.69, 9.17) is 0 Å². The Labute approximate surface area is 113 Å². The van der Waals surface area contributed by atoms with Crippen molar-refractivity contribution in [3.63, 3.8) is 0 Å². The molecule has 0 aliphatic carbocycles. The van der Waals surface area contributed by atoms with E-state index in [9.17, 15) is 9.90 Å². The lowest BCUT2D eigenvalue weighted by Crippen LogP contribution is -2.26. The number of hydrogen-bond acceptors (Lipinski definition) is 2. The van der Waals surface area contributed by atoms with Crippen molar-refractivity contribution in [1.29, 1.82) is 0 Å². The first-order valence-corrected chi connectivity index (χ1v) is 6.13. The largest absolute Gasteiger partial charge is 0.507 e. The highest BCUT2D eigenvalue weighted by Gasteiger charge is 2.16. The molecule has 0 aliphatic heterocycles. The van der Waals surface area contributed by atoms with E-state index in [1.54, 1.807) is 30.1 Å². The van der Waals surface area contributed by atoms with Crippen LogP contribution in [0.5, 0.6) is 5.75 Å². The van der Waals surface area contributed by atoms with Crippen molar-refractivity contribution in [1.82, 2.24) is 0 Å². The topological polar surface area (TPSA) is 40.5 Å². The lowest BCUT2D eigenvalue weighted by molar-refractivity contribution is 0.0990. The third-order valence-corrected chi connectivity index (χ3v) is 3.03. The van der Waals surface area contributed by atoms with E-state index in [-0.39, 0.29) is 11.7 Å². The van der Waals surface area contributed by atoms with Crippen molar-refractivity contribution in [3.8, 4) is 5.75 Å². The van der Waals surface area contributed by atoms with Crippen LogP contribution in [0.1, 0.15) is 21.5 Å². The number of hydrogen-bond donors (Lipinski definition) is 1. The summed E-state index contributed by atoms with van der Waals surface area (Å²) in [4.78, 5) is 13.9. The van der Waals surface area contributed by atoms with Gasteiger partial charge in [-0.25, -0.2) is 0 Å². The van der Waals surface area contributed by atoms with Crippen LogP contribution >= 0.6 is 0 Å². The number of carbonyl (C=O) groups is 1.